The predicted molar refractivity (Wildman–Crippen MR) is 76.5 cm³/mol. The molecular weight excluding hydrogens is 262 g/mol. The first-order valence-corrected chi connectivity index (χ1v) is 6.85. The quantitative estimate of drug-likeness (QED) is 0.881. The average Bonchev–Trinajstić information content (AvgIpc) is 2.76. The highest BCUT2D eigenvalue weighted by atomic mass is 35.5. The Morgan fingerprint density at radius 2 is 1.95 bits per heavy atom. The molecule has 0 amide bonds. The van der Waals surface area contributed by atoms with Gasteiger partial charge in [-0.1, -0.05) is 11.6 Å². The number of nitrogens with one attached hydrogen (secondary N) is 2. The molecule has 100 valence electrons. The van der Waals surface area contributed by atoms with Crippen LogP contribution >= 0.6 is 11.6 Å². The van der Waals surface area contributed by atoms with Crippen LogP contribution < -0.4 is 10.2 Å². The van der Waals surface area contributed by atoms with Gasteiger partial charge in [-0.15, -0.1) is 5.10 Å². The molecule has 2 aromatic rings. The van der Waals surface area contributed by atoms with Crippen LogP contribution in [-0.4, -0.2) is 41.4 Å². The van der Waals surface area contributed by atoms with Crippen LogP contribution in [0.4, 0.5) is 5.95 Å². The smallest absolute Gasteiger partial charge is 0.245 e. The summed E-state index contributed by atoms with van der Waals surface area (Å²) in [5.74, 6) is 1.55. The average molecular weight is 278 g/mol. The number of aromatic amines is 1. The second kappa shape index (κ2) is 5.59. The zero-order chi connectivity index (χ0) is 13.1. The number of H-pyrrole nitrogens is 1. The number of aromatic nitrogens is 3. The monoisotopic (exact) mass is 277 g/mol. The summed E-state index contributed by atoms with van der Waals surface area (Å²) in [6.07, 6.45) is 1.12. The molecule has 2 heterocycles. The van der Waals surface area contributed by atoms with Crippen LogP contribution in [0, 0.1) is 0 Å². The van der Waals surface area contributed by atoms with Crippen LogP contribution in [0.1, 0.15) is 6.42 Å². The van der Waals surface area contributed by atoms with Crippen LogP contribution in [0.25, 0.3) is 11.4 Å². The lowest BCUT2D eigenvalue weighted by Crippen LogP contribution is -2.28. The van der Waals surface area contributed by atoms with E-state index < -0.39 is 0 Å². The summed E-state index contributed by atoms with van der Waals surface area (Å²) in [5, 5.41) is 11.4. The van der Waals surface area contributed by atoms with Gasteiger partial charge < -0.3 is 10.2 Å². The Balaban J connectivity index is 1.80. The van der Waals surface area contributed by atoms with Crippen molar-refractivity contribution in [1.82, 2.24) is 20.5 Å². The first-order valence-electron chi connectivity index (χ1n) is 6.47. The lowest BCUT2D eigenvalue weighted by atomic mass is 10.2. The molecule has 0 aliphatic carbocycles. The van der Waals surface area contributed by atoms with E-state index in [1.54, 1.807) is 0 Å². The third-order valence-electron chi connectivity index (χ3n) is 3.21. The standard InChI is InChI=1S/C13H16ClN5/c14-11-4-2-10(3-5-11)12-16-13(18-17-12)19-8-1-6-15-7-9-19/h2-5,15H,1,6-9H2,(H,16,17,18). The van der Waals surface area contributed by atoms with Crippen molar-refractivity contribution in [2.24, 2.45) is 0 Å². The number of hydrogen-bond acceptors (Lipinski definition) is 4. The molecule has 1 aliphatic rings. The molecular formula is C13H16ClN5. The van der Waals surface area contributed by atoms with Crippen molar-refractivity contribution in [3.8, 4) is 11.4 Å². The summed E-state index contributed by atoms with van der Waals surface area (Å²) in [5.41, 5.74) is 0.996. The van der Waals surface area contributed by atoms with Crippen LogP contribution in [0.5, 0.6) is 0 Å². The number of rotatable bonds is 2. The van der Waals surface area contributed by atoms with Gasteiger partial charge in [0.15, 0.2) is 5.82 Å². The maximum absolute atomic E-state index is 5.88. The van der Waals surface area contributed by atoms with Crippen LogP contribution in [0.3, 0.4) is 0 Å². The van der Waals surface area contributed by atoms with E-state index in [1.807, 2.05) is 24.3 Å². The first-order chi connectivity index (χ1) is 9.33. The molecule has 1 fully saturated rings. The highest BCUT2D eigenvalue weighted by molar-refractivity contribution is 6.30. The van der Waals surface area contributed by atoms with Gasteiger partial charge in [0.2, 0.25) is 5.95 Å². The van der Waals surface area contributed by atoms with Gasteiger partial charge in [0, 0.05) is 30.2 Å². The van der Waals surface area contributed by atoms with Gasteiger partial charge >= 0.3 is 0 Å². The molecule has 0 unspecified atom stereocenters. The Hall–Kier alpha value is -1.59. The number of hydrogen-bond donors (Lipinski definition) is 2. The highest BCUT2D eigenvalue weighted by Crippen LogP contribution is 2.20. The summed E-state index contributed by atoms with van der Waals surface area (Å²) in [4.78, 5) is 6.77. The molecule has 5 nitrogen and oxygen atoms in total. The lowest BCUT2D eigenvalue weighted by molar-refractivity contribution is 0.724. The molecule has 1 aromatic heterocycles. The Bertz CT molecular complexity index is 528. The fourth-order valence-electron chi connectivity index (χ4n) is 2.18. The zero-order valence-electron chi connectivity index (χ0n) is 10.6. The third-order valence-corrected chi connectivity index (χ3v) is 3.47. The van der Waals surface area contributed by atoms with E-state index in [9.17, 15) is 0 Å². The normalized spacial score (nSPS) is 16.4. The lowest BCUT2D eigenvalue weighted by Gasteiger charge is -2.16. The maximum atomic E-state index is 5.88. The Kier molecular flexibility index (Phi) is 3.66. The summed E-state index contributed by atoms with van der Waals surface area (Å²) < 4.78 is 0. The van der Waals surface area contributed by atoms with E-state index in [1.165, 1.54) is 0 Å². The molecule has 0 radical (unpaired) electrons. The van der Waals surface area contributed by atoms with Crippen LogP contribution in [-0.2, 0) is 0 Å². The van der Waals surface area contributed by atoms with E-state index >= 15 is 0 Å². The molecule has 0 spiro atoms. The van der Waals surface area contributed by atoms with E-state index in [2.05, 4.69) is 25.4 Å². The van der Waals surface area contributed by atoms with E-state index in [0.29, 0.717) is 0 Å². The van der Waals surface area contributed by atoms with Crippen molar-refractivity contribution in [3.05, 3.63) is 29.3 Å². The largest absolute Gasteiger partial charge is 0.338 e. The molecule has 6 heteroatoms. The Morgan fingerprint density at radius 3 is 2.79 bits per heavy atom. The molecule has 0 bridgehead atoms. The first kappa shape index (κ1) is 12.4. The zero-order valence-corrected chi connectivity index (χ0v) is 11.3. The summed E-state index contributed by atoms with van der Waals surface area (Å²) in [6, 6.07) is 7.59. The van der Waals surface area contributed by atoms with Gasteiger partial charge in [0.05, 0.1) is 0 Å². The van der Waals surface area contributed by atoms with Crippen LogP contribution in [0.2, 0.25) is 5.02 Å². The second-order valence-electron chi connectivity index (χ2n) is 4.58. The van der Waals surface area contributed by atoms with Crippen molar-refractivity contribution in [1.29, 1.82) is 0 Å². The molecule has 1 aliphatic heterocycles. The van der Waals surface area contributed by atoms with Crippen molar-refractivity contribution < 1.29 is 0 Å². The minimum Gasteiger partial charge on any atom is -0.338 e. The number of benzene rings is 1. The maximum Gasteiger partial charge on any atom is 0.245 e. The Morgan fingerprint density at radius 1 is 1.11 bits per heavy atom. The summed E-state index contributed by atoms with van der Waals surface area (Å²) in [7, 11) is 0. The molecule has 0 atom stereocenters. The molecule has 1 aromatic carbocycles. The second-order valence-corrected chi connectivity index (χ2v) is 5.02. The van der Waals surface area contributed by atoms with Crippen molar-refractivity contribution in [2.45, 2.75) is 6.42 Å². The highest BCUT2D eigenvalue weighted by Gasteiger charge is 2.14. The SMILES string of the molecule is Clc1ccc(-c2nc(N3CCCNCC3)n[nH]2)cc1. The molecule has 3 rings (SSSR count). The molecule has 1 saturated heterocycles. The van der Waals surface area contributed by atoms with Gasteiger partial charge in [-0.25, -0.2) is 0 Å². The number of anilines is 1. The van der Waals surface area contributed by atoms with Gasteiger partial charge in [-0.3, -0.25) is 5.10 Å². The predicted octanol–water partition coefficient (Wildman–Crippen LogP) is 1.92. The minimum absolute atomic E-state index is 0.724. The summed E-state index contributed by atoms with van der Waals surface area (Å²) in [6.45, 7) is 3.97. The molecule has 0 saturated carbocycles. The van der Waals surface area contributed by atoms with Gasteiger partial charge in [-0.05, 0) is 37.2 Å². The van der Waals surface area contributed by atoms with Gasteiger partial charge in [-0.2, -0.15) is 4.98 Å². The fraction of sp³-hybridized carbons (Fsp3) is 0.385. The topological polar surface area (TPSA) is 56.8 Å². The van der Waals surface area contributed by atoms with Crippen LogP contribution in [0.15, 0.2) is 24.3 Å². The van der Waals surface area contributed by atoms with Crippen molar-refractivity contribution in [3.63, 3.8) is 0 Å². The van der Waals surface area contributed by atoms with Gasteiger partial charge in [0.25, 0.3) is 0 Å². The van der Waals surface area contributed by atoms with Crippen molar-refractivity contribution in [2.75, 3.05) is 31.1 Å². The Labute approximate surface area is 117 Å². The molecule has 19 heavy (non-hydrogen) atoms. The number of nitrogens with zero attached hydrogens (tertiary/aromatic N) is 3. The fourth-order valence-corrected chi connectivity index (χ4v) is 2.30. The number of halogens is 1. The van der Waals surface area contributed by atoms with E-state index in [-0.39, 0.29) is 0 Å². The van der Waals surface area contributed by atoms with E-state index in [0.717, 1.165) is 55.0 Å². The molecule has 2 N–H and O–H groups in total. The third kappa shape index (κ3) is 2.88. The van der Waals surface area contributed by atoms with E-state index in [4.69, 9.17) is 11.6 Å². The van der Waals surface area contributed by atoms with Gasteiger partial charge in [0.1, 0.15) is 0 Å². The summed E-state index contributed by atoms with van der Waals surface area (Å²) >= 11 is 5.88. The van der Waals surface area contributed by atoms with Crippen molar-refractivity contribution >= 4 is 17.5 Å². The minimum atomic E-state index is 0.724.